The van der Waals surface area contributed by atoms with Gasteiger partial charge in [0, 0.05) is 40.2 Å². The van der Waals surface area contributed by atoms with Gasteiger partial charge in [-0.15, -0.1) is 0 Å². The highest BCUT2D eigenvalue weighted by Crippen LogP contribution is 2.59. The lowest BCUT2D eigenvalue weighted by Crippen LogP contribution is -2.37. The van der Waals surface area contributed by atoms with Crippen LogP contribution >= 0.6 is 23.2 Å². The van der Waals surface area contributed by atoms with Crippen molar-refractivity contribution < 1.29 is 9.47 Å². The lowest BCUT2D eigenvalue weighted by Gasteiger charge is -2.32. The van der Waals surface area contributed by atoms with Crippen molar-refractivity contribution in [2.45, 2.75) is 50.5 Å². The third-order valence-electron chi connectivity index (χ3n) is 8.49. The molecule has 7 rings (SSSR count). The molecule has 1 aliphatic carbocycles. The molecule has 0 N–H and O–H groups in total. The fourth-order valence-electron chi connectivity index (χ4n) is 6.12. The highest BCUT2D eigenvalue weighted by Gasteiger charge is 2.58. The standard InChI is InChI=1S/C30H30Cl2N4O2/c31-22-9-8-20(24(32)14-22)19-38-29-7-3-6-27(34-29)30-11-12-35(16-21(30)15-30)18-28-33-25-4-1-2-5-26(25)36(28)17-23-10-13-37-23/h1-9,14,21,23H,10-13,15-19H2/t21-,23+,30+/m1/s1. The van der Waals surface area contributed by atoms with Crippen molar-refractivity contribution in [3.8, 4) is 5.88 Å². The fraction of sp³-hybridized carbons (Fsp3) is 0.400. The number of aromatic nitrogens is 3. The summed E-state index contributed by atoms with van der Waals surface area (Å²) in [5.74, 6) is 2.39. The van der Waals surface area contributed by atoms with Gasteiger partial charge in [0.15, 0.2) is 0 Å². The number of hydrogen-bond acceptors (Lipinski definition) is 5. The number of benzene rings is 2. The summed E-state index contributed by atoms with van der Waals surface area (Å²) < 4.78 is 14.2. The van der Waals surface area contributed by atoms with Crippen LogP contribution in [-0.2, 0) is 29.8 Å². The SMILES string of the molecule is Clc1ccc(COc2cccc([C@]34CCN(Cc5nc6ccccc6n5C[C@@H]5CCO5)C[C@H]3C4)n2)c(Cl)c1. The number of pyridine rings is 1. The summed E-state index contributed by atoms with van der Waals surface area (Å²) in [5.41, 5.74) is 4.48. The number of para-hydroxylation sites is 2. The van der Waals surface area contributed by atoms with Crippen molar-refractivity contribution in [3.63, 3.8) is 0 Å². The van der Waals surface area contributed by atoms with Crippen LogP contribution in [0.3, 0.4) is 0 Å². The number of piperidine rings is 1. The summed E-state index contributed by atoms with van der Waals surface area (Å²) in [5, 5.41) is 1.23. The first kappa shape index (κ1) is 24.4. The van der Waals surface area contributed by atoms with Crippen LogP contribution in [0, 0.1) is 5.92 Å². The van der Waals surface area contributed by atoms with E-state index < -0.39 is 0 Å². The molecule has 3 fully saturated rings. The maximum absolute atomic E-state index is 6.32. The Bertz CT molecular complexity index is 1490. The van der Waals surface area contributed by atoms with Gasteiger partial charge in [0.2, 0.25) is 5.88 Å². The third kappa shape index (κ3) is 4.58. The Kier molecular flexibility index (Phi) is 6.31. The quantitative estimate of drug-likeness (QED) is 0.259. The van der Waals surface area contributed by atoms with Crippen LogP contribution in [0.4, 0.5) is 0 Å². The van der Waals surface area contributed by atoms with Gasteiger partial charge in [-0.3, -0.25) is 4.90 Å². The number of imidazole rings is 1. The summed E-state index contributed by atoms with van der Waals surface area (Å²) >= 11 is 12.3. The lowest BCUT2D eigenvalue weighted by atomic mass is 9.91. The van der Waals surface area contributed by atoms with Crippen molar-refractivity contribution in [2.24, 2.45) is 5.92 Å². The molecule has 0 spiro atoms. The Morgan fingerprint density at radius 1 is 1.05 bits per heavy atom. The molecule has 6 nitrogen and oxygen atoms in total. The van der Waals surface area contributed by atoms with E-state index in [1.165, 1.54) is 11.9 Å². The van der Waals surface area contributed by atoms with Crippen molar-refractivity contribution in [1.29, 1.82) is 0 Å². The van der Waals surface area contributed by atoms with E-state index in [-0.39, 0.29) is 5.41 Å². The molecule has 0 bridgehead atoms. The van der Waals surface area contributed by atoms with Gasteiger partial charge in [0.1, 0.15) is 12.4 Å². The van der Waals surface area contributed by atoms with E-state index in [1.54, 1.807) is 6.07 Å². The molecule has 2 aromatic carbocycles. The maximum atomic E-state index is 6.32. The highest BCUT2D eigenvalue weighted by molar-refractivity contribution is 6.35. The van der Waals surface area contributed by atoms with Crippen molar-refractivity contribution >= 4 is 34.2 Å². The van der Waals surface area contributed by atoms with E-state index in [0.29, 0.717) is 34.6 Å². The summed E-state index contributed by atoms with van der Waals surface area (Å²) in [7, 11) is 0. The van der Waals surface area contributed by atoms with Gasteiger partial charge in [-0.25, -0.2) is 9.97 Å². The number of hydrogen-bond donors (Lipinski definition) is 0. The molecule has 3 atom stereocenters. The Labute approximate surface area is 232 Å². The van der Waals surface area contributed by atoms with Gasteiger partial charge in [0.25, 0.3) is 0 Å². The molecule has 8 heteroatoms. The van der Waals surface area contributed by atoms with E-state index >= 15 is 0 Å². The van der Waals surface area contributed by atoms with Crippen molar-refractivity contribution in [1.82, 2.24) is 19.4 Å². The number of halogens is 2. The average molecular weight is 550 g/mol. The minimum Gasteiger partial charge on any atom is -0.473 e. The molecule has 4 aromatic rings. The number of likely N-dealkylation sites (tertiary alicyclic amines) is 1. The second-order valence-electron chi connectivity index (χ2n) is 10.8. The Morgan fingerprint density at radius 3 is 2.76 bits per heavy atom. The molecule has 196 valence electrons. The van der Waals surface area contributed by atoms with Gasteiger partial charge in [0.05, 0.1) is 35.9 Å². The normalized spacial score (nSPS) is 24.7. The average Bonchev–Trinajstić information content (AvgIpc) is 3.54. The zero-order chi connectivity index (χ0) is 25.7. The van der Waals surface area contributed by atoms with Crippen LogP contribution in [0.25, 0.3) is 11.0 Å². The zero-order valence-electron chi connectivity index (χ0n) is 21.2. The van der Waals surface area contributed by atoms with E-state index in [0.717, 1.165) is 68.2 Å². The number of rotatable bonds is 8. The van der Waals surface area contributed by atoms with Crippen LogP contribution in [0.2, 0.25) is 10.0 Å². The van der Waals surface area contributed by atoms with E-state index in [2.05, 4.69) is 45.9 Å². The molecule has 38 heavy (non-hydrogen) atoms. The molecule has 0 radical (unpaired) electrons. The summed E-state index contributed by atoms with van der Waals surface area (Å²) in [6, 6.07) is 20.1. The fourth-order valence-corrected chi connectivity index (χ4v) is 6.58. The van der Waals surface area contributed by atoms with Crippen LogP contribution in [0.5, 0.6) is 5.88 Å². The topological polar surface area (TPSA) is 52.4 Å². The third-order valence-corrected chi connectivity index (χ3v) is 9.07. The highest BCUT2D eigenvalue weighted by atomic mass is 35.5. The number of fused-ring (bicyclic) bond motifs is 2. The van der Waals surface area contributed by atoms with E-state index in [9.17, 15) is 0 Å². The van der Waals surface area contributed by atoms with Gasteiger partial charge in [-0.05, 0) is 62.1 Å². The first-order chi connectivity index (χ1) is 18.6. The first-order valence-corrected chi connectivity index (χ1v) is 14.2. The van der Waals surface area contributed by atoms with Gasteiger partial charge < -0.3 is 14.0 Å². The van der Waals surface area contributed by atoms with Crippen LogP contribution in [-0.4, -0.2) is 45.2 Å². The molecule has 0 amide bonds. The molecule has 4 heterocycles. The monoisotopic (exact) mass is 548 g/mol. The molecule has 2 aliphatic heterocycles. The van der Waals surface area contributed by atoms with E-state index in [4.69, 9.17) is 42.6 Å². The second kappa shape index (κ2) is 9.83. The van der Waals surface area contributed by atoms with Gasteiger partial charge >= 0.3 is 0 Å². The second-order valence-corrected chi connectivity index (χ2v) is 11.7. The predicted octanol–water partition coefficient (Wildman–Crippen LogP) is 6.27. The predicted molar refractivity (Wildman–Crippen MR) is 149 cm³/mol. The molecule has 1 saturated carbocycles. The molecule has 3 aliphatic rings. The summed E-state index contributed by atoms with van der Waals surface area (Å²) in [4.78, 5) is 12.5. The maximum Gasteiger partial charge on any atom is 0.213 e. The van der Waals surface area contributed by atoms with Gasteiger partial charge in [-0.1, -0.05) is 47.5 Å². The minimum absolute atomic E-state index is 0.160. The largest absolute Gasteiger partial charge is 0.473 e. The van der Waals surface area contributed by atoms with Crippen LogP contribution in [0.15, 0.2) is 60.7 Å². The summed E-state index contributed by atoms with van der Waals surface area (Å²) in [6.45, 7) is 5.09. The van der Waals surface area contributed by atoms with Crippen LogP contribution in [0.1, 0.15) is 36.3 Å². The number of nitrogens with zero attached hydrogens (tertiary/aromatic N) is 4. The smallest absolute Gasteiger partial charge is 0.213 e. The van der Waals surface area contributed by atoms with Crippen LogP contribution < -0.4 is 4.74 Å². The lowest BCUT2D eigenvalue weighted by molar-refractivity contribution is -0.0592. The number of ether oxygens (including phenoxy) is 2. The first-order valence-electron chi connectivity index (χ1n) is 13.4. The molecule has 2 saturated heterocycles. The van der Waals surface area contributed by atoms with Crippen molar-refractivity contribution in [3.05, 3.63) is 87.8 Å². The van der Waals surface area contributed by atoms with E-state index in [1.807, 2.05) is 18.2 Å². The molecule has 2 aromatic heterocycles. The molecule has 0 unspecified atom stereocenters. The Hall–Kier alpha value is -2.64. The zero-order valence-corrected chi connectivity index (χ0v) is 22.7. The van der Waals surface area contributed by atoms with Crippen molar-refractivity contribution in [2.75, 3.05) is 19.7 Å². The summed E-state index contributed by atoms with van der Waals surface area (Å²) in [6.07, 6.45) is 3.71. The minimum atomic E-state index is 0.160. The Balaban J connectivity index is 1.03. The molecular formula is C30H30Cl2N4O2. The Morgan fingerprint density at radius 2 is 1.95 bits per heavy atom. The molecular weight excluding hydrogens is 519 g/mol. The van der Waals surface area contributed by atoms with Gasteiger partial charge in [-0.2, -0.15) is 0 Å².